The van der Waals surface area contributed by atoms with Gasteiger partial charge in [0.05, 0.1) is 18.4 Å². The predicted molar refractivity (Wildman–Crippen MR) is 75.6 cm³/mol. The number of hydrogen-bond acceptors (Lipinski definition) is 4. The molecule has 0 radical (unpaired) electrons. The van der Waals surface area contributed by atoms with Gasteiger partial charge in [-0.15, -0.1) is 0 Å². The molecule has 0 spiro atoms. The van der Waals surface area contributed by atoms with Gasteiger partial charge in [0, 0.05) is 6.54 Å². The molecule has 1 aliphatic heterocycles. The minimum atomic E-state index is -3.35. The third-order valence-electron chi connectivity index (χ3n) is 4.24. The summed E-state index contributed by atoms with van der Waals surface area (Å²) < 4.78 is 24.6. The lowest BCUT2D eigenvalue weighted by Gasteiger charge is -2.26. The Hall–Kier alpha value is -0.660. The largest absolute Gasteiger partial charge is 0.391 e. The van der Waals surface area contributed by atoms with Crippen LogP contribution in [0.2, 0.25) is 0 Å². The van der Waals surface area contributed by atoms with Crippen molar-refractivity contribution in [3.63, 3.8) is 0 Å². The van der Waals surface area contributed by atoms with Crippen molar-refractivity contribution in [2.24, 2.45) is 0 Å². The van der Waals surface area contributed by atoms with E-state index in [9.17, 15) is 18.3 Å². The SMILES string of the molecule is CS(=O)(=O)N1CCCC1C(=O)NC1CCCCCC1O. The van der Waals surface area contributed by atoms with Crippen molar-refractivity contribution in [2.45, 2.75) is 63.1 Å². The monoisotopic (exact) mass is 304 g/mol. The van der Waals surface area contributed by atoms with Crippen LogP contribution in [0, 0.1) is 0 Å². The van der Waals surface area contributed by atoms with E-state index in [0.717, 1.165) is 31.9 Å². The van der Waals surface area contributed by atoms with Gasteiger partial charge in [0.1, 0.15) is 6.04 Å². The van der Waals surface area contributed by atoms with E-state index in [-0.39, 0.29) is 11.9 Å². The zero-order valence-corrected chi connectivity index (χ0v) is 12.7. The van der Waals surface area contributed by atoms with Crippen molar-refractivity contribution in [3.8, 4) is 0 Å². The number of sulfonamides is 1. The first-order valence-corrected chi connectivity index (χ1v) is 9.19. The fourth-order valence-corrected chi connectivity index (χ4v) is 4.26. The molecule has 1 aliphatic carbocycles. The molecule has 20 heavy (non-hydrogen) atoms. The van der Waals surface area contributed by atoms with Crippen LogP contribution in [0.1, 0.15) is 44.9 Å². The van der Waals surface area contributed by atoms with E-state index in [1.807, 2.05) is 0 Å². The Morgan fingerprint density at radius 2 is 1.85 bits per heavy atom. The molecule has 1 amide bonds. The molecular formula is C13H24N2O4S. The molecule has 1 heterocycles. The summed E-state index contributed by atoms with van der Waals surface area (Å²) >= 11 is 0. The molecule has 2 N–H and O–H groups in total. The van der Waals surface area contributed by atoms with Gasteiger partial charge in [0.2, 0.25) is 15.9 Å². The highest BCUT2D eigenvalue weighted by atomic mass is 32.2. The molecule has 2 fully saturated rings. The summed E-state index contributed by atoms with van der Waals surface area (Å²) in [4.78, 5) is 12.3. The summed E-state index contributed by atoms with van der Waals surface area (Å²) in [6.45, 7) is 0.407. The van der Waals surface area contributed by atoms with Crippen LogP contribution in [-0.2, 0) is 14.8 Å². The van der Waals surface area contributed by atoms with E-state index >= 15 is 0 Å². The maximum Gasteiger partial charge on any atom is 0.238 e. The highest BCUT2D eigenvalue weighted by Gasteiger charge is 2.37. The summed E-state index contributed by atoms with van der Waals surface area (Å²) in [7, 11) is -3.35. The molecule has 3 atom stereocenters. The Kier molecular flexibility index (Phi) is 5.04. The molecule has 1 saturated heterocycles. The minimum absolute atomic E-state index is 0.244. The molecule has 0 aromatic carbocycles. The Bertz CT molecular complexity index is 451. The van der Waals surface area contributed by atoms with Crippen LogP contribution in [0.4, 0.5) is 0 Å². The molecule has 6 nitrogen and oxygen atoms in total. The van der Waals surface area contributed by atoms with E-state index in [1.165, 1.54) is 4.31 Å². The average Bonchev–Trinajstić information content (AvgIpc) is 2.78. The van der Waals surface area contributed by atoms with Crippen LogP contribution in [0.15, 0.2) is 0 Å². The van der Waals surface area contributed by atoms with Gasteiger partial charge in [-0.05, 0) is 25.7 Å². The first-order chi connectivity index (χ1) is 9.39. The first-order valence-electron chi connectivity index (χ1n) is 7.35. The molecule has 0 aromatic rings. The van der Waals surface area contributed by atoms with Gasteiger partial charge in [-0.25, -0.2) is 8.42 Å². The van der Waals surface area contributed by atoms with Gasteiger partial charge in [0.25, 0.3) is 0 Å². The maximum atomic E-state index is 12.3. The molecule has 0 bridgehead atoms. The van der Waals surface area contributed by atoms with Crippen LogP contribution in [-0.4, -0.2) is 54.7 Å². The van der Waals surface area contributed by atoms with Crippen molar-refractivity contribution in [3.05, 3.63) is 0 Å². The van der Waals surface area contributed by atoms with E-state index in [0.29, 0.717) is 25.8 Å². The third kappa shape index (κ3) is 3.71. The first kappa shape index (κ1) is 15.7. The van der Waals surface area contributed by atoms with Crippen molar-refractivity contribution in [2.75, 3.05) is 12.8 Å². The summed E-state index contributed by atoms with van der Waals surface area (Å²) in [5, 5.41) is 12.9. The minimum Gasteiger partial charge on any atom is -0.391 e. The van der Waals surface area contributed by atoms with E-state index in [1.54, 1.807) is 0 Å². The van der Waals surface area contributed by atoms with Crippen molar-refractivity contribution < 1.29 is 18.3 Å². The average molecular weight is 304 g/mol. The fourth-order valence-electron chi connectivity index (χ4n) is 3.13. The Morgan fingerprint density at radius 1 is 1.15 bits per heavy atom. The molecular weight excluding hydrogens is 280 g/mol. The molecule has 2 rings (SSSR count). The van der Waals surface area contributed by atoms with Crippen molar-refractivity contribution >= 4 is 15.9 Å². The Labute approximate surface area is 120 Å². The Morgan fingerprint density at radius 3 is 2.55 bits per heavy atom. The van der Waals surface area contributed by atoms with Crippen LogP contribution < -0.4 is 5.32 Å². The Balaban J connectivity index is 2.00. The predicted octanol–water partition coefficient (Wildman–Crippen LogP) is 0.220. The van der Waals surface area contributed by atoms with Gasteiger partial charge in [0.15, 0.2) is 0 Å². The van der Waals surface area contributed by atoms with Crippen LogP contribution in [0.5, 0.6) is 0 Å². The lowest BCUT2D eigenvalue weighted by molar-refractivity contribution is -0.125. The number of aliphatic hydroxyl groups excluding tert-OH is 1. The molecule has 0 aromatic heterocycles. The number of hydrogen-bond donors (Lipinski definition) is 2. The highest BCUT2D eigenvalue weighted by Crippen LogP contribution is 2.22. The normalized spacial score (nSPS) is 32.8. The van der Waals surface area contributed by atoms with E-state index in [4.69, 9.17) is 0 Å². The summed E-state index contributed by atoms with van der Waals surface area (Å²) in [5.74, 6) is -0.265. The molecule has 7 heteroatoms. The summed E-state index contributed by atoms with van der Waals surface area (Å²) in [5.41, 5.74) is 0. The molecule has 1 saturated carbocycles. The lowest BCUT2D eigenvalue weighted by Crippen LogP contribution is -2.51. The zero-order chi connectivity index (χ0) is 14.8. The van der Waals surface area contributed by atoms with Crippen LogP contribution >= 0.6 is 0 Å². The van der Waals surface area contributed by atoms with E-state index in [2.05, 4.69) is 5.32 Å². The van der Waals surface area contributed by atoms with Gasteiger partial charge < -0.3 is 10.4 Å². The van der Waals surface area contributed by atoms with Crippen molar-refractivity contribution in [1.29, 1.82) is 0 Å². The summed E-state index contributed by atoms with van der Waals surface area (Å²) in [6, 6.07) is -0.854. The number of rotatable bonds is 3. The number of nitrogens with zero attached hydrogens (tertiary/aromatic N) is 1. The number of carbonyl (C=O) groups is 1. The molecule has 116 valence electrons. The molecule has 3 unspecified atom stereocenters. The number of nitrogens with one attached hydrogen (secondary N) is 1. The standard InChI is InChI=1S/C13H24N2O4S/c1-20(18,19)15-9-5-7-11(15)13(17)14-10-6-3-2-4-8-12(10)16/h10-12,16H,2-9H2,1H3,(H,14,17). The zero-order valence-electron chi connectivity index (χ0n) is 11.9. The number of carbonyl (C=O) groups excluding carboxylic acids is 1. The van der Waals surface area contributed by atoms with Gasteiger partial charge in [-0.2, -0.15) is 4.31 Å². The van der Waals surface area contributed by atoms with Crippen LogP contribution in [0.3, 0.4) is 0 Å². The van der Waals surface area contributed by atoms with Gasteiger partial charge in [-0.3, -0.25) is 4.79 Å². The smallest absolute Gasteiger partial charge is 0.238 e. The quantitative estimate of drug-likeness (QED) is 0.730. The van der Waals surface area contributed by atoms with Crippen molar-refractivity contribution in [1.82, 2.24) is 9.62 Å². The summed E-state index contributed by atoms with van der Waals surface area (Å²) in [6.07, 6.45) is 6.38. The topological polar surface area (TPSA) is 86.7 Å². The second kappa shape index (κ2) is 6.41. The van der Waals surface area contributed by atoms with Crippen LogP contribution in [0.25, 0.3) is 0 Å². The van der Waals surface area contributed by atoms with Gasteiger partial charge >= 0.3 is 0 Å². The second-order valence-electron chi connectivity index (χ2n) is 5.85. The van der Waals surface area contributed by atoms with E-state index < -0.39 is 22.2 Å². The third-order valence-corrected chi connectivity index (χ3v) is 5.53. The lowest BCUT2D eigenvalue weighted by atomic mass is 10.1. The number of aliphatic hydroxyl groups is 1. The number of amides is 1. The molecule has 2 aliphatic rings. The fraction of sp³-hybridized carbons (Fsp3) is 0.923. The van der Waals surface area contributed by atoms with Gasteiger partial charge in [-0.1, -0.05) is 19.3 Å². The highest BCUT2D eigenvalue weighted by molar-refractivity contribution is 7.88. The maximum absolute atomic E-state index is 12.3. The second-order valence-corrected chi connectivity index (χ2v) is 7.79.